The second-order valence-electron chi connectivity index (χ2n) is 4.16. The van der Waals surface area contributed by atoms with E-state index in [1.54, 1.807) is 25.3 Å². The number of carboxylic acids is 1. The number of rotatable bonds is 3. The summed E-state index contributed by atoms with van der Waals surface area (Å²) >= 11 is 0. The first kappa shape index (κ1) is 12.2. The third kappa shape index (κ3) is 1.97. The Morgan fingerprint density at radius 2 is 2.00 bits per heavy atom. The van der Waals surface area contributed by atoms with Crippen LogP contribution in [0.2, 0.25) is 0 Å². The Balaban J connectivity index is 2.17. The Hall–Kier alpha value is -2.89. The maximum absolute atomic E-state index is 11.3. The molecule has 1 aromatic carbocycles. The van der Waals surface area contributed by atoms with Crippen LogP contribution >= 0.6 is 0 Å². The molecule has 20 heavy (non-hydrogen) atoms. The third-order valence-electron chi connectivity index (χ3n) is 2.96. The van der Waals surface area contributed by atoms with Crippen LogP contribution in [0.15, 0.2) is 42.6 Å². The van der Waals surface area contributed by atoms with Gasteiger partial charge in [0.1, 0.15) is 5.75 Å². The zero-order valence-corrected chi connectivity index (χ0v) is 10.6. The van der Waals surface area contributed by atoms with Crippen molar-refractivity contribution in [2.45, 2.75) is 0 Å². The molecule has 0 aliphatic carbocycles. The summed E-state index contributed by atoms with van der Waals surface area (Å²) in [6, 6.07) is 10.4. The molecule has 0 aliphatic rings. The van der Waals surface area contributed by atoms with Gasteiger partial charge in [-0.2, -0.15) is 5.10 Å². The highest BCUT2D eigenvalue weighted by molar-refractivity contribution is 5.88. The van der Waals surface area contributed by atoms with Crippen molar-refractivity contribution in [1.29, 1.82) is 0 Å². The molecule has 100 valence electrons. The molecule has 1 N–H and O–H groups in total. The van der Waals surface area contributed by atoms with Crippen molar-refractivity contribution in [3.05, 3.63) is 48.3 Å². The van der Waals surface area contributed by atoms with Crippen LogP contribution in [-0.4, -0.2) is 32.8 Å². The fourth-order valence-corrected chi connectivity index (χ4v) is 1.97. The summed E-state index contributed by atoms with van der Waals surface area (Å²) in [5.41, 5.74) is 1.97. The molecule has 6 nitrogen and oxygen atoms in total. The van der Waals surface area contributed by atoms with Gasteiger partial charge in [-0.05, 0) is 30.3 Å². The zero-order valence-electron chi connectivity index (χ0n) is 10.6. The minimum atomic E-state index is -1.05. The Bertz CT molecular complexity index is 778. The molecule has 0 amide bonds. The molecular formula is C14H11N3O3. The largest absolute Gasteiger partial charge is 0.497 e. The fourth-order valence-electron chi connectivity index (χ4n) is 1.97. The normalized spacial score (nSPS) is 10.7. The monoisotopic (exact) mass is 269 g/mol. The first-order chi connectivity index (χ1) is 9.69. The number of benzene rings is 1. The minimum absolute atomic E-state index is 0.0748. The Morgan fingerprint density at radius 3 is 2.65 bits per heavy atom. The summed E-state index contributed by atoms with van der Waals surface area (Å²) in [6.07, 6.45) is 1.52. The van der Waals surface area contributed by atoms with E-state index in [0.29, 0.717) is 11.3 Å². The van der Waals surface area contributed by atoms with Crippen molar-refractivity contribution in [2.24, 2.45) is 0 Å². The van der Waals surface area contributed by atoms with Gasteiger partial charge in [-0.15, -0.1) is 0 Å². The van der Waals surface area contributed by atoms with Crippen molar-refractivity contribution in [3.8, 4) is 17.0 Å². The fraction of sp³-hybridized carbons (Fsp3) is 0.0714. The highest BCUT2D eigenvalue weighted by atomic mass is 16.5. The van der Waals surface area contributed by atoms with Gasteiger partial charge in [0, 0.05) is 11.6 Å². The number of hydrogen-bond donors (Lipinski definition) is 1. The van der Waals surface area contributed by atoms with Crippen molar-refractivity contribution in [1.82, 2.24) is 14.6 Å². The number of aromatic nitrogens is 3. The van der Waals surface area contributed by atoms with Crippen LogP contribution in [0, 0.1) is 0 Å². The third-order valence-corrected chi connectivity index (χ3v) is 2.96. The van der Waals surface area contributed by atoms with Crippen LogP contribution in [0.5, 0.6) is 5.75 Å². The highest BCUT2D eigenvalue weighted by Gasteiger charge is 2.13. The van der Waals surface area contributed by atoms with Crippen molar-refractivity contribution >= 4 is 11.6 Å². The van der Waals surface area contributed by atoms with Crippen molar-refractivity contribution in [3.63, 3.8) is 0 Å². The number of aromatic carboxylic acids is 1. The second kappa shape index (κ2) is 4.65. The molecule has 0 spiro atoms. The van der Waals surface area contributed by atoms with E-state index in [-0.39, 0.29) is 5.69 Å². The zero-order chi connectivity index (χ0) is 14.1. The maximum atomic E-state index is 11.3. The molecule has 2 aromatic heterocycles. The number of nitrogens with zero attached hydrogens (tertiary/aromatic N) is 3. The lowest BCUT2D eigenvalue weighted by atomic mass is 10.1. The van der Waals surface area contributed by atoms with Crippen molar-refractivity contribution in [2.75, 3.05) is 7.11 Å². The van der Waals surface area contributed by atoms with Crippen LogP contribution < -0.4 is 4.74 Å². The molecule has 6 heteroatoms. The summed E-state index contributed by atoms with van der Waals surface area (Å²) in [4.78, 5) is 15.7. The van der Waals surface area contributed by atoms with Crippen LogP contribution in [0.1, 0.15) is 10.5 Å². The summed E-state index contributed by atoms with van der Waals surface area (Å²) < 4.78 is 6.40. The summed E-state index contributed by atoms with van der Waals surface area (Å²) in [6.45, 7) is 0. The van der Waals surface area contributed by atoms with Gasteiger partial charge in [-0.3, -0.25) is 0 Å². The highest BCUT2D eigenvalue weighted by Crippen LogP contribution is 2.22. The van der Waals surface area contributed by atoms with Gasteiger partial charge < -0.3 is 9.84 Å². The van der Waals surface area contributed by atoms with Gasteiger partial charge in [0.25, 0.3) is 0 Å². The van der Waals surface area contributed by atoms with Gasteiger partial charge >= 0.3 is 5.97 Å². The molecule has 0 radical (unpaired) electrons. The molecule has 0 bridgehead atoms. The van der Waals surface area contributed by atoms with Gasteiger partial charge in [0.2, 0.25) is 0 Å². The quantitative estimate of drug-likeness (QED) is 0.788. The van der Waals surface area contributed by atoms with Gasteiger partial charge in [0.05, 0.1) is 19.0 Å². The molecule has 0 saturated carbocycles. The van der Waals surface area contributed by atoms with E-state index in [0.717, 1.165) is 11.3 Å². The lowest BCUT2D eigenvalue weighted by Crippen LogP contribution is -2.08. The lowest BCUT2D eigenvalue weighted by molar-refractivity contribution is 0.0687. The average molecular weight is 269 g/mol. The van der Waals surface area contributed by atoms with Gasteiger partial charge in [-0.1, -0.05) is 0 Å². The Kier molecular flexibility index (Phi) is 2.83. The molecule has 0 saturated heterocycles. The predicted molar refractivity (Wildman–Crippen MR) is 71.9 cm³/mol. The van der Waals surface area contributed by atoms with E-state index in [4.69, 9.17) is 4.74 Å². The number of ether oxygens (including phenoxy) is 1. The lowest BCUT2D eigenvalue weighted by Gasteiger charge is -2.06. The van der Waals surface area contributed by atoms with Gasteiger partial charge in [0.15, 0.2) is 11.3 Å². The van der Waals surface area contributed by atoms with Crippen LogP contribution in [0.4, 0.5) is 0 Å². The van der Waals surface area contributed by atoms with E-state index < -0.39 is 5.97 Å². The van der Waals surface area contributed by atoms with Crippen LogP contribution in [-0.2, 0) is 0 Å². The first-order valence-corrected chi connectivity index (χ1v) is 5.91. The predicted octanol–water partition coefficient (Wildman–Crippen LogP) is 2.10. The molecule has 0 aliphatic heterocycles. The SMILES string of the molecule is COc1ccc(-c2cc(C(=O)O)n3nccc3n2)cc1. The summed E-state index contributed by atoms with van der Waals surface area (Å²) in [5.74, 6) is -0.312. The van der Waals surface area contributed by atoms with E-state index in [2.05, 4.69) is 10.1 Å². The standard InChI is InChI=1S/C14H11N3O3/c1-20-10-4-2-9(3-5-10)11-8-12(14(18)19)17-13(16-11)6-7-15-17/h2-8H,1H3,(H,18,19). The number of carbonyl (C=O) groups is 1. The second-order valence-corrected chi connectivity index (χ2v) is 4.16. The molecule has 3 aromatic rings. The maximum Gasteiger partial charge on any atom is 0.354 e. The van der Waals surface area contributed by atoms with E-state index >= 15 is 0 Å². The average Bonchev–Trinajstić information content (AvgIpc) is 2.94. The topological polar surface area (TPSA) is 76.7 Å². The van der Waals surface area contributed by atoms with E-state index in [9.17, 15) is 9.90 Å². The number of fused-ring (bicyclic) bond motifs is 1. The number of methoxy groups -OCH3 is 1. The number of hydrogen-bond acceptors (Lipinski definition) is 4. The number of carboxylic acid groups (broad SMARTS) is 1. The Morgan fingerprint density at radius 1 is 1.25 bits per heavy atom. The summed E-state index contributed by atoms with van der Waals surface area (Å²) in [7, 11) is 1.59. The van der Waals surface area contributed by atoms with Crippen molar-refractivity contribution < 1.29 is 14.6 Å². The molecule has 3 rings (SSSR count). The molecule has 0 unspecified atom stereocenters. The molecular weight excluding hydrogens is 258 g/mol. The smallest absolute Gasteiger partial charge is 0.354 e. The minimum Gasteiger partial charge on any atom is -0.497 e. The van der Waals surface area contributed by atoms with Gasteiger partial charge in [-0.25, -0.2) is 14.3 Å². The molecule has 0 atom stereocenters. The van der Waals surface area contributed by atoms with E-state index in [1.807, 2.05) is 12.1 Å². The Labute approximate surface area is 114 Å². The first-order valence-electron chi connectivity index (χ1n) is 5.91. The van der Waals surface area contributed by atoms with E-state index in [1.165, 1.54) is 16.8 Å². The molecule has 2 heterocycles. The summed E-state index contributed by atoms with van der Waals surface area (Å²) in [5, 5.41) is 13.2. The van der Waals surface area contributed by atoms with Crippen LogP contribution in [0.25, 0.3) is 16.9 Å². The van der Waals surface area contributed by atoms with Crippen LogP contribution in [0.3, 0.4) is 0 Å². The molecule has 0 fully saturated rings.